The highest BCUT2D eigenvalue weighted by molar-refractivity contribution is 5.55. The van der Waals surface area contributed by atoms with E-state index in [1.165, 1.54) is 16.7 Å². The van der Waals surface area contributed by atoms with E-state index in [0.717, 1.165) is 23.3 Å². The van der Waals surface area contributed by atoms with E-state index >= 15 is 0 Å². The second-order valence-electron chi connectivity index (χ2n) is 5.90. The number of rotatable bonds is 3. The van der Waals surface area contributed by atoms with E-state index in [-0.39, 0.29) is 5.56 Å². The van der Waals surface area contributed by atoms with Crippen LogP contribution < -0.4 is 5.56 Å². The third-order valence-electron chi connectivity index (χ3n) is 3.97. The summed E-state index contributed by atoms with van der Waals surface area (Å²) in [6.07, 6.45) is 0.735. The molecule has 2 aromatic heterocycles. The number of hydrogen-bond acceptors (Lipinski definition) is 2. The van der Waals surface area contributed by atoms with Gasteiger partial charge in [0.1, 0.15) is 5.82 Å². The molecule has 0 bridgehead atoms. The molecule has 7 heteroatoms. The minimum Gasteiger partial charge on any atom is -0.327 e. The number of halogens is 3. The molecule has 0 N–H and O–H groups in total. The van der Waals surface area contributed by atoms with Crippen LogP contribution in [0.4, 0.5) is 13.2 Å². The molecule has 2 heterocycles. The first-order valence-corrected chi connectivity index (χ1v) is 7.60. The van der Waals surface area contributed by atoms with Gasteiger partial charge in [-0.05, 0) is 30.7 Å². The van der Waals surface area contributed by atoms with Crippen molar-refractivity contribution in [2.75, 3.05) is 0 Å². The van der Waals surface area contributed by atoms with Gasteiger partial charge in [0.05, 0.1) is 5.56 Å². The Kier molecular flexibility index (Phi) is 4.24. The molecule has 25 heavy (non-hydrogen) atoms. The molecule has 0 radical (unpaired) electrons. The third kappa shape index (κ3) is 3.50. The number of benzene rings is 1. The Hall–Kier alpha value is -2.83. The monoisotopic (exact) mass is 347 g/mol. The summed E-state index contributed by atoms with van der Waals surface area (Å²) in [5.74, 6) is 0.651. The van der Waals surface area contributed by atoms with Gasteiger partial charge in [-0.2, -0.15) is 13.2 Å². The predicted octanol–water partition coefficient (Wildman–Crippen LogP) is 3.62. The topological polar surface area (TPSA) is 39.8 Å². The molecule has 4 nitrogen and oxygen atoms in total. The van der Waals surface area contributed by atoms with Crippen molar-refractivity contribution < 1.29 is 13.2 Å². The van der Waals surface area contributed by atoms with Gasteiger partial charge in [0.15, 0.2) is 0 Å². The largest absolute Gasteiger partial charge is 0.416 e. The minimum absolute atomic E-state index is 0.0791. The van der Waals surface area contributed by atoms with Gasteiger partial charge in [-0.3, -0.25) is 4.79 Å². The summed E-state index contributed by atoms with van der Waals surface area (Å²) in [7, 11) is 1.67. The number of hydrogen-bond donors (Lipinski definition) is 0. The molecule has 3 aromatic rings. The fraction of sp³-hybridized carbons (Fsp3) is 0.222. The van der Waals surface area contributed by atoms with Crippen molar-refractivity contribution >= 4 is 0 Å². The van der Waals surface area contributed by atoms with Crippen LogP contribution in [0.1, 0.15) is 16.7 Å². The van der Waals surface area contributed by atoms with Crippen LogP contribution in [-0.4, -0.2) is 14.1 Å². The number of aromatic nitrogens is 3. The van der Waals surface area contributed by atoms with E-state index in [1.54, 1.807) is 38.6 Å². The quantitative estimate of drug-likeness (QED) is 0.726. The predicted molar refractivity (Wildman–Crippen MR) is 88.2 cm³/mol. The molecular weight excluding hydrogens is 331 g/mol. The average molecular weight is 347 g/mol. The van der Waals surface area contributed by atoms with Crippen LogP contribution in [-0.2, 0) is 19.8 Å². The van der Waals surface area contributed by atoms with Gasteiger partial charge in [-0.1, -0.05) is 12.1 Å². The Balaban J connectivity index is 1.91. The number of nitrogens with zero attached hydrogens (tertiary/aromatic N) is 3. The van der Waals surface area contributed by atoms with Crippen molar-refractivity contribution in [1.29, 1.82) is 0 Å². The van der Waals surface area contributed by atoms with Gasteiger partial charge < -0.3 is 9.13 Å². The highest BCUT2D eigenvalue weighted by Crippen LogP contribution is 2.29. The average Bonchev–Trinajstić information content (AvgIpc) is 3.00. The highest BCUT2D eigenvalue weighted by Gasteiger charge is 2.29. The van der Waals surface area contributed by atoms with Crippen molar-refractivity contribution in [2.45, 2.75) is 19.6 Å². The Morgan fingerprint density at radius 2 is 1.84 bits per heavy atom. The van der Waals surface area contributed by atoms with E-state index in [2.05, 4.69) is 4.98 Å². The first-order chi connectivity index (χ1) is 11.8. The summed E-state index contributed by atoms with van der Waals surface area (Å²) in [4.78, 5) is 16.1. The Labute approximate surface area is 142 Å². The van der Waals surface area contributed by atoms with E-state index in [4.69, 9.17) is 0 Å². The van der Waals surface area contributed by atoms with E-state index in [9.17, 15) is 18.0 Å². The van der Waals surface area contributed by atoms with Crippen molar-refractivity contribution in [2.24, 2.45) is 7.05 Å². The van der Waals surface area contributed by atoms with Gasteiger partial charge in [-0.25, -0.2) is 4.98 Å². The molecule has 0 saturated carbocycles. The van der Waals surface area contributed by atoms with Gasteiger partial charge in [0, 0.05) is 43.3 Å². The molecule has 0 atom stereocenters. The van der Waals surface area contributed by atoms with E-state index in [0.29, 0.717) is 17.9 Å². The molecule has 1 aromatic carbocycles. The summed E-state index contributed by atoms with van der Waals surface area (Å²) < 4.78 is 41.3. The third-order valence-corrected chi connectivity index (χ3v) is 3.97. The lowest BCUT2D eigenvalue weighted by atomic mass is 10.1. The number of pyridine rings is 1. The first kappa shape index (κ1) is 17.0. The van der Waals surface area contributed by atoms with Gasteiger partial charge in [0.2, 0.25) is 0 Å². The van der Waals surface area contributed by atoms with Crippen molar-refractivity contribution in [3.63, 3.8) is 0 Å². The lowest BCUT2D eigenvalue weighted by molar-refractivity contribution is -0.137. The van der Waals surface area contributed by atoms with Crippen LogP contribution >= 0.6 is 0 Å². The maximum absolute atomic E-state index is 12.6. The maximum Gasteiger partial charge on any atom is 0.416 e. The van der Waals surface area contributed by atoms with Gasteiger partial charge >= 0.3 is 6.18 Å². The Morgan fingerprint density at radius 3 is 2.44 bits per heavy atom. The summed E-state index contributed by atoms with van der Waals surface area (Å²) in [6.45, 7) is 2.12. The molecule has 0 aliphatic rings. The summed E-state index contributed by atoms with van der Waals surface area (Å²) in [6, 6.07) is 6.82. The van der Waals surface area contributed by atoms with Crippen LogP contribution in [0.25, 0.3) is 11.4 Å². The van der Waals surface area contributed by atoms with Crippen molar-refractivity contribution in [3.8, 4) is 11.4 Å². The number of alkyl halides is 3. The van der Waals surface area contributed by atoms with Crippen molar-refractivity contribution in [1.82, 2.24) is 14.1 Å². The second kappa shape index (κ2) is 6.23. The second-order valence-corrected chi connectivity index (χ2v) is 5.90. The molecule has 0 amide bonds. The molecule has 0 saturated heterocycles. The zero-order valence-electron chi connectivity index (χ0n) is 13.7. The van der Waals surface area contributed by atoms with Crippen LogP contribution in [0.5, 0.6) is 0 Å². The van der Waals surface area contributed by atoms with E-state index in [1.807, 2.05) is 4.57 Å². The normalized spacial score (nSPS) is 11.7. The smallest absolute Gasteiger partial charge is 0.327 e. The summed E-state index contributed by atoms with van der Waals surface area (Å²) in [5.41, 5.74) is 1.36. The zero-order chi connectivity index (χ0) is 18.2. The van der Waals surface area contributed by atoms with Crippen LogP contribution in [0.2, 0.25) is 0 Å². The zero-order valence-corrected chi connectivity index (χ0v) is 13.7. The Bertz CT molecular complexity index is 927. The van der Waals surface area contributed by atoms with Crippen LogP contribution in [0.3, 0.4) is 0 Å². The number of imidazole rings is 1. The van der Waals surface area contributed by atoms with Crippen molar-refractivity contribution in [3.05, 3.63) is 76.0 Å². The molecule has 0 unspecified atom stereocenters. The maximum atomic E-state index is 12.6. The first-order valence-electron chi connectivity index (χ1n) is 7.60. The molecule has 0 aliphatic carbocycles. The van der Waals surface area contributed by atoms with Gasteiger partial charge in [0.25, 0.3) is 5.56 Å². The SMILES string of the molecule is Cc1cc(-c2nccn2Cc2ccc(C(F)(F)F)cc2)cn(C)c1=O. The lowest BCUT2D eigenvalue weighted by Crippen LogP contribution is -2.18. The standard InChI is InChI=1S/C18H16F3N3O/c1-12-9-14(11-23(2)17(12)25)16-22-7-8-24(16)10-13-3-5-15(6-4-13)18(19,20)21/h3-9,11H,10H2,1-2H3. The number of aryl methyl sites for hydroxylation is 2. The molecule has 130 valence electrons. The summed E-state index contributed by atoms with van der Waals surface area (Å²) in [5, 5.41) is 0. The van der Waals surface area contributed by atoms with Gasteiger partial charge in [-0.15, -0.1) is 0 Å². The van der Waals surface area contributed by atoms with E-state index < -0.39 is 11.7 Å². The fourth-order valence-corrected chi connectivity index (χ4v) is 2.69. The van der Waals surface area contributed by atoms with Crippen LogP contribution in [0.15, 0.2) is 53.7 Å². The Morgan fingerprint density at radius 1 is 1.16 bits per heavy atom. The molecule has 0 aliphatic heterocycles. The summed E-state index contributed by atoms with van der Waals surface area (Å²) >= 11 is 0. The molecule has 3 rings (SSSR count). The van der Waals surface area contributed by atoms with Crippen LogP contribution in [0, 0.1) is 6.92 Å². The molecule has 0 spiro atoms. The lowest BCUT2D eigenvalue weighted by Gasteiger charge is -2.11. The minimum atomic E-state index is -4.34. The highest BCUT2D eigenvalue weighted by atomic mass is 19.4. The molecular formula is C18H16F3N3O. The fourth-order valence-electron chi connectivity index (χ4n) is 2.69. The molecule has 0 fully saturated rings.